The minimum absolute atomic E-state index is 0.0158. The molecule has 0 bridgehead atoms. The molecular formula is C13H17BrN2O4. The maximum Gasteiger partial charge on any atom is 0.311 e. The lowest BCUT2D eigenvalue weighted by Crippen LogP contribution is -2.36. The number of nitro benzene ring substituents is 1. The second-order valence-corrected chi connectivity index (χ2v) is 5.42. The molecule has 20 heavy (non-hydrogen) atoms. The summed E-state index contributed by atoms with van der Waals surface area (Å²) in [6, 6.07) is 4.34. The van der Waals surface area contributed by atoms with E-state index in [1.807, 2.05) is 13.8 Å². The standard InChI is InChI=1S/C13H17BrN2O4/c1-3-13(4-2,12(17)18)8-15-11-6-5-9(16(19)20)7-10(11)14/h5-7,15H,3-4,8H2,1-2H3,(H,17,18). The van der Waals surface area contributed by atoms with Crippen LogP contribution in [0.4, 0.5) is 11.4 Å². The van der Waals surface area contributed by atoms with Crippen molar-refractivity contribution in [2.75, 3.05) is 11.9 Å². The smallest absolute Gasteiger partial charge is 0.311 e. The highest BCUT2D eigenvalue weighted by Gasteiger charge is 2.34. The molecule has 0 aliphatic rings. The number of hydrogen-bond acceptors (Lipinski definition) is 4. The zero-order valence-electron chi connectivity index (χ0n) is 11.4. The van der Waals surface area contributed by atoms with Crippen molar-refractivity contribution in [2.45, 2.75) is 26.7 Å². The number of hydrogen-bond donors (Lipinski definition) is 2. The second kappa shape index (κ2) is 6.69. The molecule has 1 rings (SSSR count). The Morgan fingerprint density at radius 2 is 2.05 bits per heavy atom. The molecule has 0 spiro atoms. The van der Waals surface area contributed by atoms with E-state index >= 15 is 0 Å². The van der Waals surface area contributed by atoms with Crippen molar-refractivity contribution in [3.05, 3.63) is 32.8 Å². The molecule has 0 amide bonds. The molecule has 0 atom stereocenters. The van der Waals surface area contributed by atoms with Crippen molar-refractivity contribution in [2.24, 2.45) is 5.41 Å². The molecule has 1 aromatic carbocycles. The van der Waals surface area contributed by atoms with Crippen molar-refractivity contribution in [3.63, 3.8) is 0 Å². The fraction of sp³-hybridized carbons (Fsp3) is 0.462. The van der Waals surface area contributed by atoms with Gasteiger partial charge in [-0.2, -0.15) is 0 Å². The van der Waals surface area contributed by atoms with Crippen LogP contribution in [0.3, 0.4) is 0 Å². The Morgan fingerprint density at radius 3 is 2.45 bits per heavy atom. The molecule has 0 unspecified atom stereocenters. The van der Waals surface area contributed by atoms with Gasteiger partial charge >= 0.3 is 5.97 Å². The first kappa shape index (κ1) is 16.4. The van der Waals surface area contributed by atoms with E-state index in [1.54, 1.807) is 6.07 Å². The van der Waals surface area contributed by atoms with Crippen molar-refractivity contribution < 1.29 is 14.8 Å². The fourth-order valence-electron chi connectivity index (χ4n) is 1.90. The van der Waals surface area contributed by atoms with Crippen LogP contribution in [0.15, 0.2) is 22.7 Å². The molecule has 6 nitrogen and oxygen atoms in total. The highest BCUT2D eigenvalue weighted by Crippen LogP contribution is 2.31. The first-order chi connectivity index (χ1) is 9.36. The number of non-ortho nitro benzene ring substituents is 1. The summed E-state index contributed by atoms with van der Waals surface area (Å²) in [7, 11) is 0. The Bertz CT molecular complexity index is 515. The normalized spacial score (nSPS) is 11.2. The second-order valence-electron chi connectivity index (χ2n) is 4.57. The molecule has 0 aromatic heterocycles. The van der Waals surface area contributed by atoms with Crippen LogP contribution < -0.4 is 5.32 Å². The number of carboxylic acids is 1. The van der Waals surface area contributed by atoms with Gasteiger partial charge in [0.05, 0.1) is 10.3 Å². The first-order valence-corrected chi connectivity index (χ1v) is 7.06. The number of rotatable bonds is 7. The molecule has 0 aliphatic heterocycles. The van der Waals surface area contributed by atoms with E-state index in [4.69, 9.17) is 0 Å². The van der Waals surface area contributed by atoms with Gasteiger partial charge in [0.2, 0.25) is 0 Å². The van der Waals surface area contributed by atoms with Crippen LogP contribution in [0, 0.1) is 15.5 Å². The summed E-state index contributed by atoms with van der Waals surface area (Å²) in [6.07, 6.45) is 1.02. The molecule has 1 aromatic rings. The van der Waals surface area contributed by atoms with Gasteiger partial charge in [-0.3, -0.25) is 14.9 Å². The number of halogens is 1. The maximum atomic E-state index is 11.4. The van der Waals surface area contributed by atoms with Gasteiger partial charge in [0.1, 0.15) is 0 Å². The van der Waals surface area contributed by atoms with Crippen LogP contribution in [0.25, 0.3) is 0 Å². The summed E-state index contributed by atoms with van der Waals surface area (Å²) in [5.41, 5.74) is -0.206. The number of benzene rings is 1. The largest absolute Gasteiger partial charge is 0.481 e. The van der Waals surface area contributed by atoms with E-state index in [2.05, 4.69) is 21.2 Å². The summed E-state index contributed by atoms with van der Waals surface area (Å²) >= 11 is 3.25. The van der Waals surface area contributed by atoms with Gasteiger partial charge in [-0.1, -0.05) is 13.8 Å². The number of anilines is 1. The van der Waals surface area contributed by atoms with Gasteiger partial charge in [0.15, 0.2) is 0 Å². The number of nitro groups is 1. The molecule has 0 fully saturated rings. The number of nitrogens with zero attached hydrogens (tertiary/aromatic N) is 1. The van der Waals surface area contributed by atoms with Crippen molar-refractivity contribution in [1.82, 2.24) is 0 Å². The molecular weight excluding hydrogens is 328 g/mol. The molecule has 2 N–H and O–H groups in total. The lowest BCUT2D eigenvalue weighted by molar-refractivity contribution is -0.384. The predicted molar refractivity (Wildman–Crippen MR) is 79.9 cm³/mol. The van der Waals surface area contributed by atoms with Crippen molar-refractivity contribution in [1.29, 1.82) is 0 Å². The molecule has 0 radical (unpaired) electrons. The zero-order chi connectivity index (χ0) is 15.3. The van der Waals surface area contributed by atoms with Gasteiger partial charge < -0.3 is 10.4 Å². The molecule has 7 heteroatoms. The molecule has 0 heterocycles. The SMILES string of the molecule is CCC(CC)(CNc1ccc([N+](=O)[O-])cc1Br)C(=O)O. The average Bonchev–Trinajstić information content (AvgIpc) is 2.41. The Labute approximate surface area is 125 Å². The van der Waals surface area contributed by atoms with E-state index in [0.29, 0.717) is 23.0 Å². The van der Waals surface area contributed by atoms with Gasteiger partial charge in [0, 0.05) is 28.8 Å². The predicted octanol–water partition coefficient (Wildman–Crippen LogP) is 3.66. The van der Waals surface area contributed by atoms with E-state index in [-0.39, 0.29) is 12.2 Å². The summed E-state index contributed by atoms with van der Waals surface area (Å²) in [4.78, 5) is 21.6. The summed E-state index contributed by atoms with van der Waals surface area (Å²) in [5.74, 6) is -0.840. The first-order valence-electron chi connectivity index (χ1n) is 6.27. The minimum Gasteiger partial charge on any atom is -0.481 e. The molecule has 0 saturated heterocycles. The summed E-state index contributed by atoms with van der Waals surface area (Å²) in [6.45, 7) is 3.94. The number of carbonyl (C=O) groups is 1. The number of aliphatic carboxylic acids is 1. The van der Waals surface area contributed by atoms with Crippen molar-refractivity contribution >= 4 is 33.3 Å². The van der Waals surface area contributed by atoms with E-state index in [0.717, 1.165) is 0 Å². The topological polar surface area (TPSA) is 92.5 Å². The highest BCUT2D eigenvalue weighted by atomic mass is 79.9. The van der Waals surface area contributed by atoms with Crippen molar-refractivity contribution in [3.8, 4) is 0 Å². The molecule has 110 valence electrons. The third kappa shape index (κ3) is 3.47. The van der Waals surface area contributed by atoms with Gasteiger partial charge in [-0.15, -0.1) is 0 Å². The monoisotopic (exact) mass is 344 g/mol. The maximum absolute atomic E-state index is 11.4. The lowest BCUT2D eigenvalue weighted by Gasteiger charge is -2.27. The van der Waals surface area contributed by atoms with Gasteiger partial charge in [-0.25, -0.2) is 0 Å². The lowest BCUT2D eigenvalue weighted by atomic mass is 9.82. The zero-order valence-corrected chi connectivity index (χ0v) is 12.9. The Balaban J connectivity index is 2.89. The summed E-state index contributed by atoms with van der Waals surface area (Å²) in [5, 5.41) is 23.0. The average molecular weight is 345 g/mol. The van der Waals surface area contributed by atoms with E-state index < -0.39 is 16.3 Å². The van der Waals surface area contributed by atoms with Gasteiger partial charge in [0.25, 0.3) is 5.69 Å². The van der Waals surface area contributed by atoms with Crippen LogP contribution in [0.5, 0.6) is 0 Å². The third-order valence-electron chi connectivity index (χ3n) is 3.59. The minimum atomic E-state index is -0.840. The molecule has 0 aliphatic carbocycles. The van der Waals surface area contributed by atoms with Gasteiger partial charge in [-0.05, 0) is 34.8 Å². The highest BCUT2D eigenvalue weighted by molar-refractivity contribution is 9.10. The Morgan fingerprint density at radius 1 is 1.45 bits per heavy atom. The number of nitrogens with one attached hydrogen (secondary N) is 1. The number of carboxylic acid groups (broad SMARTS) is 1. The molecule has 0 saturated carbocycles. The van der Waals surface area contributed by atoms with E-state index in [1.165, 1.54) is 12.1 Å². The van der Waals surface area contributed by atoms with Crippen LogP contribution >= 0.6 is 15.9 Å². The van der Waals surface area contributed by atoms with Crippen LogP contribution in [0.1, 0.15) is 26.7 Å². The summed E-state index contributed by atoms with van der Waals surface area (Å²) < 4.78 is 0.540. The van der Waals surface area contributed by atoms with E-state index in [9.17, 15) is 20.0 Å². The van der Waals surface area contributed by atoms with Crippen LogP contribution in [-0.4, -0.2) is 22.5 Å². The Kier molecular flexibility index (Phi) is 5.50. The fourth-order valence-corrected chi connectivity index (χ4v) is 2.41. The quantitative estimate of drug-likeness (QED) is 0.581. The third-order valence-corrected chi connectivity index (χ3v) is 4.24. The van der Waals surface area contributed by atoms with Crippen LogP contribution in [-0.2, 0) is 4.79 Å². The Hall–Kier alpha value is -1.63. The van der Waals surface area contributed by atoms with Crippen LogP contribution in [0.2, 0.25) is 0 Å².